The van der Waals surface area contributed by atoms with Gasteiger partial charge in [0.1, 0.15) is 5.75 Å². The zero-order chi connectivity index (χ0) is 15.0. The number of carbonyl (C=O) groups is 2. The zero-order valence-electron chi connectivity index (χ0n) is 11.7. The number of carboxylic acid groups (broad SMARTS) is 1. The number of benzene rings is 1. The Bertz CT molecular complexity index is 474. The van der Waals surface area contributed by atoms with E-state index in [1.807, 2.05) is 25.1 Å². The number of methoxy groups -OCH3 is 1. The van der Waals surface area contributed by atoms with E-state index >= 15 is 0 Å². The van der Waals surface area contributed by atoms with Crippen LogP contribution in [0.5, 0.6) is 5.75 Å². The van der Waals surface area contributed by atoms with Crippen molar-refractivity contribution in [1.82, 2.24) is 10.6 Å². The van der Waals surface area contributed by atoms with E-state index in [-0.39, 0.29) is 19.0 Å². The number of aryl methyl sites for hydroxylation is 1. The van der Waals surface area contributed by atoms with Crippen LogP contribution in [0.1, 0.15) is 17.5 Å². The summed E-state index contributed by atoms with van der Waals surface area (Å²) in [6, 6.07) is 5.52. The lowest BCUT2D eigenvalue weighted by Crippen LogP contribution is -2.37. The van der Waals surface area contributed by atoms with Gasteiger partial charge in [-0.05, 0) is 25.0 Å². The number of rotatable bonds is 7. The van der Waals surface area contributed by atoms with Crippen LogP contribution in [0.2, 0.25) is 0 Å². The van der Waals surface area contributed by atoms with Crippen molar-refractivity contribution in [3.63, 3.8) is 0 Å². The van der Waals surface area contributed by atoms with Crippen LogP contribution < -0.4 is 15.4 Å². The molecule has 0 fully saturated rings. The highest BCUT2D eigenvalue weighted by Gasteiger charge is 2.05. The Morgan fingerprint density at radius 3 is 2.60 bits per heavy atom. The molecule has 1 aromatic carbocycles. The number of amides is 2. The highest BCUT2D eigenvalue weighted by Crippen LogP contribution is 2.19. The number of carboxylic acids is 1. The summed E-state index contributed by atoms with van der Waals surface area (Å²) in [5, 5.41) is 13.6. The second kappa shape index (κ2) is 8.04. The van der Waals surface area contributed by atoms with E-state index < -0.39 is 5.97 Å². The van der Waals surface area contributed by atoms with Crippen LogP contribution in [-0.2, 0) is 11.2 Å². The quantitative estimate of drug-likeness (QED) is 0.703. The largest absolute Gasteiger partial charge is 0.496 e. The lowest BCUT2D eigenvalue weighted by molar-refractivity contribution is -0.136. The second-order valence-corrected chi connectivity index (χ2v) is 4.39. The predicted molar refractivity (Wildman–Crippen MR) is 75.1 cm³/mol. The summed E-state index contributed by atoms with van der Waals surface area (Å²) in [4.78, 5) is 21.7. The molecule has 3 N–H and O–H groups in total. The predicted octanol–water partition coefficient (Wildman–Crippen LogP) is 1.32. The van der Waals surface area contributed by atoms with Crippen molar-refractivity contribution < 1.29 is 19.4 Å². The second-order valence-electron chi connectivity index (χ2n) is 4.39. The van der Waals surface area contributed by atoms with E-state index in [4.69, 9.17) is 9.84 Å². The van der Waals surface area contributed by atoms with Crippen molar-refractivity contribution in [2.45, 2.75) is 19.8 Å². The van der Waals surface area contributed by atoms with E-state index in [0.29, 0.717) is 13.0 Å². The summed E-state index contributed by atoms with van der Waals surface area (Å²) in [6.45, 7) is 2.57. The minimum Gasteiger partial charge on any atom is -0.496 e. The lowest BCUT2D eigenvalue weighted by atomic mass is 10.1. The van der Waals surface area contributed by atoms with Gasteiger partial charge in [0, 0.05) is 13.1 Å². The van der Waals surface area contributed by atoms with Crippen molar-refractivity contribution in [2.24, 2.45) is 0 Å². The first-order valence-corrected chi connectivity index (χ1v) is 6.40. The van der Waals surface area contributed by atoms with Gasteiger partial charge in [0.25, 0.3) is 0 Å². The number of ether oxygens (including phenoxy) is 1. The van der Waals surface area contributed by atoms with Gasteiger partial charge in [-0.1, -0.05) is 17.7 Å². The van der Waals surface area contributed by atoms with Gasteiger partial charge in [0.2, 0.25) is 0 Å². The Balaban J connectivity index is 2.35. The topological polar surface area (TPSA) is 87.7 Å². The van der Waals surface area contributed by atoms with Crippen molar-refractivity contribution in [3.05, 3.63) is 29.3 Å². The van der Waals surface area contributed by atoms with Crippen LogP contribution in [0.4, 0.5) is 4.79 Å². The van der Waals surface area contributed by atoms with Gasteiger partial charge in [-0.3, -0.25) is 4.79 Å². The third-order valence-electron chi connectivity index (χ3n) is 2.74. The lowest BCUT2D eigenvalue weighted by Gasteiger charge is -2.10. The van der Waals surface area contributed by atoms with E-state index in [0.717, 1.165) is 16.9 Å². The standard InChI is InChI=1S/C14H20N2O4/c1-10-3-4-12(20-2)11(9-10)5-7-15-14(19)16-8-6-13(17)18/h3-4,9H,5-8H2,1-2H3,(H,17,18)(H2,15,16,19). The van der Waals surface area contributed by atoms with Crippen LogP contribution in [0, 0.1) is 6.92 Å². The molecule has 2 amide bonds. The van der Waals surface area contributed by atoms with Crippen molar-refractivity contribution in [1.29, 1.82) is 0 Å². The third-order valence-corrected chi connectivity index (χ3v) is 2.74. The Kier molecular flexibility index (Phi) is 6.36. The highest BCUT2D eigenvalue weighted by atomic mass is 16.5. The average molecular weight is 280 g/mol. The molecule has 0 aliphatic carbocycles. The third kappa shape index (κ3) is 5.60. The molecule has 0 aromatic heterocycles. The normalized spacial score (nSPS) is 9.90. The molecule has 0 heterocycles. The zero-order valence-corrected chi connectivity index (χ0v) is 11.7. The number of hydrogen-bond acceptors (Lipinski definition) is 3. The maximum Gasteiger partial charge on any atom is 0.314 e. The Labute approximate surface area is 118 Å². The van der Waals surface area contributed by atoms with Crippen LogP contribution in [0.15, 0.2) is 18.2 Å². The molecule has 0 radical (unpaired) electrons. The fourth-order valence-corrected chi connectivity index (χ4v) is 1.76. The highest BCUT2D eigenvalue weighted by molar-refractivity contribution is 5.74. The van der Waals surface area contributed by atoms with Crippen LogP contribution in [-0.4, -0.2) is 37.3 Å². The summed E-state index contributed by atoms with van der Waals surface area (Å²) < 4.78 is 5.26. The van der Waals surface area contributed by atoms with Gasteiger partial charge in [-0.2, -0.15) is 0 Å². The van der Waals surface area contributed by atoms with E-state index in [1.165, 1.54) is 0 Å². The van der Waals surface area contributed by atoms with Crippen LogP contribution >= 0.6 is 0 Å². The number of nitrogens with one attached hydrogen (secondary N) is 2. The molecular weight excluding hydrogens is 260 g/mol. The molecule has 110 valence electrons. The molecule has 6 heteroatoms. The summed E-state index contributed by atoms with van der Waals surface area (Å²) in [7, 11) is 1.61. The number of aliphatic carboxylic acids is 1. The van der Waals surface area contributed by atoms with Gasteiger partial charge in [0.05, 0.1) is 13.5 Å². The van der Waals surface area contributed by atoms with E-state index in [1.54, 1.807) is 7.11 Å². The summed E-state index contributed by atoms with van der Waals surface area (Å²) in [5.74, 6) is -0.140. The molecule has 1 aromatic rings. The van der Waals surface area contributed by atoms with Crippen molar-refractivity contribution >= 4 is 12.0 Å². The first-order chi connectivity index (χ1) is 9.52. The van der Waals surface area contributed by atoms with Gasteiger partial charge in [0.15, 0.2) is 0 Å². The SMILES string of the molecule is COc1ccc(C)cc1CCNC(=O)NCCC(=O)O. The summed E-state index contributed by atoms with van der Waals surface area (Å²) in [6.07, 6.45) is 0.566. The molecular formula is C14H20N2O4. The monoisotopic (exact) mass is 280 g/mol. The molecule has 20 heavy (non-hydrogen) atoms. The Morgan fingerprint density at radius 2 is 1.95 bits per heavy atom. The van der Waals surface area contributed by atoms with Crippen LogP contribution in [0.3, 0.4) is 0 Å². The molecule has 0 unspecified atom stereocenters. The summed E-state index contributed by atoms with van der Waals surface area (Å²) in [5.41, 5.74) is 2.16. The molecule has 0 bridgehead atoms. The van der Waals surface area contributed by atoms with Gasteiger partial charge < -0.3 is 20.5 Å². The maximum atomic E-state index is 11.4. The summed E-state index contributed by atoms with van der Waals surface area (Å²) >= 11 is 0. The fourth-order valence-electron chi connectivity index (χ4n) is 1.76. The average Bonchev–Trinajstić information content (AvgIpc) is 2.38. The first kappa shape index (κ1) is 15.8. The van der Waals surface area contributed by atoms with Crippen LogP contribution in [0.25, 0.3) is 0 Å². The number of carbonyl (C=O) groups excluding carboxylic acids is 1. The minimum atomic E-state index is -0.935. The molecule has 0 aliphatic rings. The molecule has 0 saturated heterocycles. The first-order valence-electron chi connectivity index (χ1n) is 6.40. The fraction of sp³-hybridized carbons (Fsp3) is 0.429. The smallest absolute Gasteiger partial charge is 0.314 e. The van der Waals surface area contributed by atoms with E-state index in [9.17, 15) is 9.59 Å². The van der Waals surface area contributed by atoms with Crippen molar-refractivity contribution in [2.75, 3.05) is 20.2 Å². The molecule has 0 atom stereocenters. The molecule has 0 spiro atoms. The Morgan fingerprint density at radius 1 is 1.25 bits per heavy atom. The van der Waals surface area contributed by atoms with Gasteiger partial charge >= 0.3 is 12.0 Å². The molecule has 0 saturated carbocycles. The van der Waals surface area contributed by atoms with Gasteiger partial charge in [-0.25, -0.2) is 4.79 Å². The molecule has 0 aliphatic heterocycles. The number of hydrogen-bond donors (Lipinski definition) is 3. The van der Waals surface area contributed by atoms with Crippen molar-refractivity contribution in [3.8, 4) is 5.75 Å². The molecule has 6 nitrogen and oxygen atoms in total. The number of urea groups is 1. The maximum absolute atomic E-state index is 11.4. The van der Waals surface area contributed by atoms with E-state index in [2.05, 4.69) is 10.6 Å². The minimum absolute atomic E-state index is 0.0842. The molecule has 1 rings (SSSR count). The Hall–Kier alpha value is -2.24. The van der Waals surface area contributed by atoms with Gasteiger partial charge in [-0.15, -0.1) is 0 Å².